The van der Waals surface area contributed by atoms with Crippen LogP contribution in [0.25, 0.3) is 21.8 Å². The first-order chi connectivity index (χ1) is 16.6. The van der Waals surface area contributed by atoms with E-state index in [1.165, 1.54) is 5.39 Å². The van der Waals surface area contributed by atoms with Crippen molar-refractivity contribution in [2.45, 2.75) is 58.8 Å². The Morgan fingerprint density at radius 1 is 0.861 bits per heavy atom. The SMILES string of the molecule is C.Cc1cc(=O)[nH]c2cc(Br)ccc12.Cc1cc(=O)n(C2CC2)c2cc(Br)ccc12.OB(O)C1CC1. The van der Waals surface area contributed by atoms with E-state index in [9.17, 15) is 9.59 Å². The van der Waals surface area contributed by atoms with Crippen molar-refractivity contribution in [3.8, 4) is 0 Å². The Labute approximate surface area is 227 Å². The fraction of sp³-hybridized carbons (Fsp3) is 0.333. The molecule has 190 valence electrons. The second kappa shape index (κ2) is 11.9. The molecule has 0 unspecified atom stereocenters. The average Bonchev–Trinajstić information content (AvgIpc) is 3.67. The van der Waals surface area contributed by atoms with Crippen molar-refractivity contribution in [1.29, 1.82) is 0 Å². The van der Waals surface area contributed by atoms with E-state index in [-0.39, 0.29) is 24.4 Å². The van der Waals surface area contributed by atoms with Gasteiger partial charge in [-0.1, -0.05) is 64.3 Å². The summed E-state index contributed by atoms with van der Waals surface area (Å²) in [5.41, 5.74) is 4.07. The van der Waals surface area contributed by atoms with Crippen LogP contribution >= 0.6 is 31.9 Å². The zero-order valence-electron chi connectivity index (χ0n) is 19.6. The van der Waals surface area contributed by atoms with Crippen molar-refractivity contribution >= 4 is 60.8 Å². The molecule has 2 aliphatic rings. The Balaban J connectivity index is 0.000000162. The molecule has 2 aromatic heterocycles. The molecule has 0 saturated heterocycles. The molecule has 0 aliphatic heterocycles. The molecule has 2 heterocycles. The molecule has 0 bridgehead atoms. The normalized spacial score (nSPS) is 14.3. The number of hydrogen-bond donors (Lipinski definition) is 3. The number of rotatable bonds is 2. The summed E-state index contributed by atoms with van der Waals surface area (Å²) in [7, 11) is -1.04. The maximum atomic E-state index is 12.0. The number of pyridine rings is 2. The fourth-order valence-corrected chi connectivity index (χ4v) is 4.71. The number of halogens is 2. The number of nitrogens with zero attached hydrogens (tertiary/aromatic N) is 1. The highest BCUT2D eigenvalue weighted by Crippen LogP contribution is 2.37. The first-order valence-corrected chi connectivity index (χ1v) is 13.2. The highest BCUT2D eigenvalue weighted by Gasteiger charge is 2.33. The molecule has 2 aliphatic carbocycles. The van der Waals surface area contributed by atoms with Gasteiger partial charge in [0.25, 0.3) is 5.56 Å². The van der Waals surface area contributed by atoms with Gasteiger partial charge in [0.2, 0.25) is 5.56 Å². The number of hydrogen-bond acceptors (Lipinski definition) is 4. The van der Waals surface area contributed by atoms with Crippen molar-refractivity contribution in [1.82, 2.24) is 9.55 Å². The Morgan fingerprint density at radius 2 is 1.44 bits per heavy atom. The number of fused-ring (bicyclic) bond motifs is 2. The number of aromatic nitrogens is 2. The maximum Gasteiger partial charge on any atom is 0.454 e. The molecule has 36 heavy (non-hydrogen) atoms. The lowest BCUT2D eigenvalue weighted by atomic mass is 9.84. The first kappa shape index (κ1) is 28.4. The van der Waals surface area contributed by atoms with Gasteiger partial charge in [-0.25, -0.2) is 0 Å². The summed E-state index contributed by atoms with van der Waals surface area (Å²) >= 11 is 6.83. The Hall–Kier alpha value is -2.20. The smallest absolute Gasteiger partial charge is 0.427 e. The van der Waals surface area contributed by atoms with E-state index >= 15 is 0 Å². The minimum absolute atomic E-state index is 0. The Morgan fingerprint density at radius 3 is 2.00 bits per heavy atom. The molecule has 3 N–H and O–H groups in total. The summed E-state index contributed by atoms with van der Waals surface area (Å²) in [4.78, 5) is 25.9. The first-order valence-electron chi connectivity index (χ1n) is 11.6. The summed E-state index contributed by atoms with van der Waals surface area (Å²) in [6.07, 6.45) is 4.25. The van der Waals surface area contributed by atoms with Crippen molar-refractivity contribution in [2.75, 3.05) is 0 Å². The van der Waals surface area contributed by atoms with Gasteiger partial charge in [0, 0.05) is 43.4 Å². The molecule has 0 atom stereocenters. The van der Waals surface area contributed by atoms with Crippen LogP contribution in [0, 0.1) is 13.8 Å². The lowest BCUT2D eigenvalue weighted by molar-refractivity contribution is 0.403. The highest BCUT2D eigenvalue weighted by molar-refractivity contribution is 9.10. The van der Waals surface area contributed by atoms with Gasteiger partial charge in [0.15, 0.2) is 0 Å². The molecular weight excluding hydrogens is 587 g/mol. The maximum absolute atomic E-state index is 12.0. The van der Waals surface area contributed by atoms with Gasteiger partial charge in [-0.2, -0.15) is 0 Å². The van der Waals surface area contributed by atoms with Gasteiger partial charge in [0.05, 0.1) is 5.52 Å². The molecule has 2 aromatic carbocycles. The lowest BCUT2D eigenvalue weighted by Gasteiger charge is -2.11. The fourth-order valence-electron chi connectivity index (χ4n) is 4.00. The zero-order chi connectivity index (χ0) is 25.3. The number of nitrogens with one attached hydrogen (secondary N) is 1. The summed E-state index contributed by atoms with van der Waals surface area (Å²) in [5, 5.41) is 18.8. The third kappa shape index (κ3) is 6.97. The topological polar surface area (TPSA) is 95.3 Å². The molecule has 0 amide bonds. The second-order valence-electron chi connectivity index (χ2n) is 9.19. The third-order valence-corrected chi connectivity index (χ3v) is 7.18. The lowest BCUT2D eigenvalue weighted by Crippen LogP contribution is -2.19. The van der Waals surface area contributed by atoms with Gasteiger partial charge in [-0.3, -0.25) is 9.59 Å². The van der Waals surface area contributed by atoms with Crippen molar-refractivity contribution < 1.29 is 10.0 Å². The van der Waals surface area contributed by atoms with Crippen LogP contribution in [0.15, 0.2) is 67.1 Å². The minimum atomic E-state index is -1.04. The van der Waals surface area contributed by atoms with Crippen LogP contribution in [0.5, 0.6) is 0 Å². The zero-order valence-corrected chi connectivity index (χ0v) is 22.8. The van der Waals surface area contributed by atoms with Crippen molar-refractivity contribution in [3.05, 3.63) is 89.3 Å². The largest absolute Gasteiger partial charge is 0.454 e. The summed E-state index contributed by atoms with van der Waals surface area (Å²) < 4.78 is 3.94. The van der Waals surface area contributed by atoms with E-state index in [1.54, 1.807) is 12.1 Å². The van der Waals surface area contributed by atoms with E-state index in [1.807, 2.05) is 48.7 Å². The Bertz CT molecular complexity index is 1490. The van der Waals surface area contributed by atoms with Crippen molar-refractivity contribution in [3.63, 3.8) is 0 Å². The predicted octanol–water partition coefficient (Wildman–Crippen LogP) is 6.27. The van der Waals surface area contributed by atoms with E-state index in [2.05, 4.69) is 42.9 Å². The van der Waals surface area contributed by atoms with Gasteiger partial charge >= 0.3 is 7.12 Å². The van der Waals surface area contributed by atoms with Gasteiger partial charge in [-0.15, -0.1) is 0 Å². The number of aromatic amines is 1. The molecule has 9 heteroatoms. The van der Waals surface area contributed by atoms with Gasteiger partial charge < -0.3 is 19.6 Å². The van der Waals surface area contributed by atoms with E-state index in [4.69, 9.17) is 10.0 Å². The molecule has 2 saturated carbocycles. The summed E-state index contributed by atoms with van der Waals surface area (Å²) in [5.74, 6) is 0.213. The Kier molecular flexibility index (Phi) is 9.38. The van der Waals surface area contributed by atoms with Crippen LogP contribution < -0.4 is 11.1 Å². The molecule has 4 aromatic rings. The average molecular weight is 618 g/mol. The molecule has 6 nitrogen and oxygen atoms in total. The van der Waals surface area contributed by atoms with Crippen LogP contribution in [0.3, 0.4) is 0 Å². The summed E-state index contributed by atoms with van der Waals surface area (Å²) in [6.45, 7) is 3.93. The predicted molar refractivity (Wildman–Crippen MR) is 156 cm³/mol. The number of aryl methyl sites for hydroxylation is 2. The minimum Gasteiger partial charge on any atom is -0.427 e. The quantitative estimate of drug-likeness (QED) is 0.231. The highest BCUT2D eigenvalue weighted by atomic mass is 79.9. The third-order valence-electron chi connectivity index (χ3n) is 6.19. The van der Waals surface area contributed by atoms with Crippen LogP contribution in [0.1, 0.15) is 50.3 Å². The second-order valence-corrected chi connectivity index (χ2v) is 11.0. The molecule has 6 rings (SSSR count). The molecular formula is C27H31BBr2N2O4. The molecule has 2 fully saturated rings. The standard InChI is InChI=1S/C13H12BrNO.C10H8BrNO.C3H7BO2.CH4/c1-8-6-13(16)15(10-3-4-10)12-7-9(14)2-5-11(8)12;1-6-4-10(13)12-9-5-7(11)2-3-8(6)9;5-4(6)3-1-2-3;/h2,5-7,10H,3-4H2,1H3;2-5H,1H3,(H,12,13);3,5-6H,1-2H2;1H4. The van der Waals surface area contributed by atoms with E-state index in [0.29, 0.717) is 6.04 Å². The van der Waals surface area contributed by atoms with Gasteiger partial charge in [0.1, 0.15) is 0 Å². The van der Waals surface area contributed by atoms with Crippen LogP contribution in [0.2, 0.25) is 5.82 Å². The number of H-pyrrole nitrogens is 1. The molecule has 0 radical (unpaired) electrons. The van der Waals surface area contributed by atoms with Crippen LogP contribution in [-0.2, 0) is 0 Å². The monoisotopic (exact) mass is 616 g/mol. The van der Waals surface area contributed by atoms with Crippen molar-refractivity contribution in [2.24, 2.45) is 0 Å². The van der Waals surface area contributed by atoms with E-state index < -0.39 is 7.12 Å². The summed E-state index contributed by atoms with van der Waals surface area (Å²) in [6, 6.07) is 15.8. The van der Waals surface area contributed by atoms with Gasteiger partial charge in [-0.05, 0) is 67.9 Å². The molecule has 0 spiro atoms. The van der Waals surface area contributed by atoms with E-state index in [0.717, 1.165) is 62.2 Å². The number of benzene rings is 2. The van der Waals surface area contributed by atoms with Crippen LogP contribution in [-0.4, -0.2) is 26.7 Å². The van der Waals surface area contributed by atoms with Crippen LogP contribution in [0.4, 0.5) is 0 Å².